The maximum atomic E-state index is 12.6. The summed E-state index contributed by atoms with van der Waals surface area (Å²) in [6, 6.07) is 11.6. The van der Waals surface area contributed by atoms with Crippen molar-refractivity contribution in [1.29, 1.82) is 0 Å². The van der Waals surface area contributed by atoms with Crippen LogP contribution in [0, 0.1) is 0 Å². The Hall–Kier alpha value is -2.99. The van der Waals surface area contributed by atoms with E-state index in [1.807, 2.05) is 0 Å². The van der Waals surface area contributed by atoms with Crippen molar-refractivity contribution in [1.82, 2.24) is 0 Å². The van der Waals surface area contributed by atoms with E-state index in [9.17, 15) is 19.5 Å². The number of aliphatic hydroxyl groups excluding tert-OH is 1. The van der Waals surface area contributed by atoms with Crippen LogP contribution < -0.4 is 10.2 Å². The number of carbonyl (C=O) groups excluding carboxylic acids is 3. The van der Waals surface area contributed by atoms with Gasteiger partial charge in [-0.25, -0.2) is 4.90 Å². The van der Waals surface area contributed by atoms with Crippen LogP contribution in [0.1, 0.15) is 26.3 Å². The standard InChI is InChI=1S/C17H12N2O4/c20-14-8-11-12(18-15(14)21)6-3-7-13(11)19-16(22)9-4-1-2-5-10(9)17(19)23/h1-7,14,20H,8H2,(H,18,21). The number of rotatable bonds is 1. The number of fused-ring (bicyclic) bond motifs is 2. The Bertz CT molecular complexity index is 840. The summed E-state index contributed by atoms with van der Waals surface area (Å²) in [6.45, 7) is 0. The maximum Gasteiger partial charge on any atom is 0.266 e. The fourth-order valence-electron chi connectivity index (χ4n) is 3.03. The zero-order chi connectivity index (χ0) is 16.1. The van der Waals surface area contributed by atoms with Gasteiger partial charge in [0.05, 0.1) is 16.8 Å². The third-order valence-corrected chi connectivity index (χ3v) is 4.14. The minimum absolute atomic E-state index is 0.0603. The smallest absolute Gasteiger partial charge is 0.266 e. The molecule has 0 fully saturated rings. The van der Waals surface area contributed by atoms with Crippen LogP contribution >= 0.6 is 0 Å². The summed E-state index contributed by atoms with van der Waals surface area (Å²) in [7, 11) is 0. The summed E-state index contributed by atoms with van der Waals surface area (Å²) in [4.78, 5) is 37.9. The molecule has 2 heterocycles. The molecule has 0 saturated heterocycles. The van der Waals surface area contributed by atoms with E-state index in [1.165, 1.54) is 0 Å². The molecule has 4 rings (SSSR count). The van der Waals surface area contributed by atoms with Crippen LogP contribution in [0.2, 0.25) is 0 Å². The first-order chi connectivity index (χ1) is 11.1. The molecule has 2 N–H and O–H groups in total. The van der Waals surface area contributed by atoms with Crippen molar-refractivity contribution in [3.8, 4) is 0 Å². The van der Waals surface area contributed by atoms with Gasteiger partial charge in [0.25, 0.3) is 17.7 Å². The largest absolute Gasteiger partial charge is 0.383 e. The van der Waals surface area contributed by atoms with Crippen molar-refractivity contribution in [2.24, 2.45) is 0 Å². The molecule has 2 aromatic rings. The molecule has 114 valence electrons. The second-order valence-corrected chi connectivity index (χ2v) is 5.50. The van der Waals surface area contributed by atoms with Crippen molar-refractivity contribution in [3.05, 3.63) is 59.2 Å². The minimum atomic E-state index is -1.20. The van der Waals surface area contributed by atoms with Gasteiger partial charge in [-0.2, -0.15) is 0 Å². The lowest BCUT2D eigenvalue weighted by Gasteiger charge is -2.26. The fraction of sp³-hybridized carbons (Fsp3) is 0.118. The summed E-state index contributed by atoms with van der Waals surface area (Å²) in [5.74, 6) is -1.28. The molecule has 0 saturated carbocycles. The van der Waals surface area contributed by atoms with Crippen LogP contribution in [0.3, 0.4) is 0 Å². The maximum absolute atomic E-state index is 12.6. The van der Waals surface area contributed by atoms with Crippen molar-refractivity contribution in [2.75, 3.05) is 10.2 Å². The van der Waals surface area contributed by atoms with E-state index in [-0.39, 0.29) is 6.42 Å². The molecule has 1 atom stereocenters. The number of carbonyl (C=O) groups is 3. The molecule has 23 heavy (non-hydrogen) atoms. The fourth-order valence-corrected chi connectivity index (χ4v) is 3.03. The van der Waals surface area contributed by atoms with Crippen LogP contribution in [0.15, 0.2) is 42.5 Å². The predicted octanol–water partition coefficient (Wildman–Crippen LogP) is 1.34. The summed E-state index contributed by atoms with van der Waals surface area (Å²) >= 11 is 0. The Morgan fingerprint density at radius 1 is 0.957 bits per heavy atom. The third-order valence-electron chi connectivity index (χ3n) is 4.14. The lowest BCUT2D eigenvalue weighted by atomic mass is 9.98. The number of benzene rings is 2. The zero-order valence-electron chi connectivity index (χ0n) is 11.9. The van der Waals surface area contributed by atoms with Crippen molar-refractivity contribution >= 4 is 29.1 Å². The van der Waals surface area contributed by atoms with Gasteiger partial charge in [0.2, 0.25) is 0 Å². The van der Waals surface area contributed by atoms with Gasteiger partial charge < -0.3 is 10.4 Å². The minimum Gasteiger partial charge on any atom is -0.383 e. The molecule has 2 aliphatic heterocycles. The van der Waals surface area contributed by atoms with Gasteiger partial charge in [0, 0.05) is 17.7 Å². The Balaban J connectivity index is 1.85. The summed E-state index contributed by atoms with van der Waals surface area (Å²) in [5, 5.41) is 12.4. The second kappa shape index (κ2) is 4.76. The number of nitrogens with one attached hydrogen (secondary N) is 1. The highest BCUT2D eigenvalue weighted by molar-refractivity contribution is 6.34. The first-order valence-corrected chi connectivity index (χ1v) is 7.16. The molecule has 6 nitrogen and oxygen atoms in total. The monoisotopic (exact) mass is 308 g/mol. The van der Waals surface area contributed by atoms with Crippen LogP contribution in [0.4, 0.5) is 11.4 Å². The SMILES string of the molecule is O=C1Nc2cccc(N3C(=O)c4ccccc4C3=O)c2CC1O. The topological polar surface area (TPSA) is 86.7 Å². The van der Waals surface area contributed by atoms with E-state index < -0.39 is 23.8 Å². The lowest BCUT2D eigenvalue weighted by Crippen LogP contribution is -2.37. The van der Waals surface area contributed by atoms with Crippen LogP contribution in [0.25, 0.3) is 0 Å². The van der Waals surface area contributed by atoms with Gasteiger partial charge in [0.15, 0.2) is 0 Å². The highest BCUT2D eigenvalue weighted by atomic mass is 16.3. The quantitative estimate of drug-likeness (QED) is 0.778. The summed E-state index contributed by atoms with van der Waals surface area (Å²) in [5.41, 5.74) is 2.20. The Morgan fingerprint density at radius 3 is 2.26 bits per heavy atom. The van der Waals surface area contributed by atoms with Crippen LogP contribution in [-0.4, -0.2) is 28.9 Å². The van der Waals surface area contributed by atoms with Gasteiger partial charge in [-0.1, -0.05) is 18.2 Å². The second-order valence-electron chi connectivity index (χ2n) is 5.50. The van der Waals surface area contributed by atoms with Gasteiger partial charge in [-0.3, -0.25) is 14.4 Å². The Kier molecular flexibility index (Phi) is 2.82. The normalized spacial score (nSPS) is 19.4. The van der Waals surface area contributed by atoms with E-state index in [0.717, 1.165) is 4.90 Å². The number of anilines is 2. The predicted molar refractivity (Wildman–Crippen MR) is 82.4 cm³/mol. The third kappa shape index (κ3) is 1.89. The van der Waals surface area contributed by atoms with Crippen LogP contribution in [0.5, 0.6) is 0 Å². The Labute approximate surface area is 131 Å². The van der Waals surface area contributed by atoms with E-state index in [0.29, 0.717) is 28.1 Å². The number of nitrogens with zero attached hydrogens (tertiary/aromatic N) is 1. The highest BCUT2D eigenvalue weighted by Crippen LogP contribution is 2.36. The molecule has 1 unspecified atom stereocenters. The first kappa shape index (κ1) is 13.7. The number of amides is 3. The van der Waals surface area contributed by atoms with Crippen molar-refractivity contribution in [3.63, 3.8) is 0 Å². The van der Waals surface area contributed by atoms with E-state index in [1.54, 1.807) is 42.5 Å². The summed E-state index contributed by atoms with van der Waals surface area (Å²) in [6.07, 6.45) is -1.14. The molecule has 2 aliphatic rings. The van der Waals surface area contributed by atoms with Crippen molar-refractivity contribution < 1.29 is 19.5 Å². The van der Waals surface area contributed by atoms with Gasteiger partial charge in [-0.05, 0) is 24.3 Å². The molecule has 2 aromatic carbocycles. The van der Waals surface area contributed by atoms with E-state index in [4.69, 9.17) is 0 Å². The van der Waals surface area contributed by atoms with Crippen molar-refractivity contribution in [2.45, 2.75) is 12.5 Å². The molecular weight excluding hydrogens is 296 g/mol. The molecule has 6 heteroatoms. The first-order valence-electron chi connectivity index (χ1n) is 7.16. The zero-order valence-corrected chi connectivity index (χ0v) is 11.9. The number of hydrogen-bond donors (Lipinski definition) is 2. The highest BCUT2D eigenvalue weighted by Gasteiger charge is 2.39. The molecular formula is C17H12N2O4. The molecule has 0 bridgehead atoms. The average molecular weight is 308 g/mol. The molecule has 0 spiro atoms. The lowest BCUT2D eigenvalue weighted by molar-refractivity contribution is -0.124. The van der Waals surface area contributed by atoms with E-state index in [2.05, 4.69) is 5.32 Å². The molecule has 0 aromatic heterocycles. The molecule has 0 radical (unpaired) electrons. The van der Waals surface area contributed by atoms with Gasteiger partial charge >= 0.3 is 0 Å². The van der Waals surface area contributed by atoms with Gasteiger partial charge in [-0.15, -0.1) is 0 Å². The molecule has 0 aliphatic carbocycles. The number of aliphatic hydroxyl groups is 1. The van der Waals surface area contributed by atoms with Crippen LogP contribution in [-0.2, 0) is 11.2 Å². The average Bonchev–Trinajstić information content (AvgIpc) is 2.80. The summed E-state index contributed by atoms with van der Waals surface area (Å²) < 4.78 is 0. The van der Waals surface area contributed by atoms with Gasteiger partial charge in [0.1, 0.15) is 6.10 Å². The Morgan fingerprint density at radius 2 is 1.61 bits per heavy atom. The number of imide groups is 1. The number of hydrogen-bond acceptors (Lipinski definition) is 4. The molecule has 3 amide bonds. The van der Waals surface area contributed by atoms with E-state index >= 15 is 0 Å².